The summed E-state index contributed by atoms with van der Waals surface area (Å²) < 4.78 is 0. The second kappa shape index (κ2) is 6.34. The van der Waals surface area contributed by atoms with Gasteiger partial charge in [-0.1, -0.05) is 18.2 Å². The van der Waals surface area contributed by atoms with E-state index in [1.807, 2.05) is 18.2 Å². The first kappa shape index (κ1) is 16.9. The van der Waals surface area contributed by atoms with Crippen molar-refractivity contribution in [3.63, 3.8) is 0 Å². The van der Waals surface area contributed by atoms with Crippen LogP contribution in [0, 0.1) is 0 Å². The van der Waals surface area contributed by atoms with Crippen LogP contribution in [0.1, 0.15) is 50.9 Å². The quantitative estimate of drug-likeness (QED) is 0.734. The molecule has 1 heterocycles. The normalized spacial score (nSPS) is 20.2. The first-order chi connectivity index (χ1) is 10.2. The number of amides is 1. The van der Waals surface area contributed by atoms with Crippen molar-refractivity contribution in [3.05, 3.63) is 35.9 Å². The minimum absolute atomic E-state index is 0.0401. The second-order valence-corrected chi connectivity index (χ2v) is 7.70. The average Bonchev–Trinajstić information content (AvgIpc) is 2.35. The highest BCUT2D eigenvalue weighted by atomic mass is 32.1. The van der Waals surface area contributed by atoms with Crippen molar-refractivity contribution in [3.8, 4) is 0 Å². The highest BCUT2D eigenvalue weighted by Crippen LogP contribution is 2.28. The van der Waals surface area contributed by atoms with E-state index in [-0.39, 0.29) is 23.0 Å². The number of carbonyl (C=O) groups excluding carboxylic acids is 1. The molecule has 1 aliphatic rings. The molecule has 4 nitrogen and oxygen atoms in total. The minimum Gasteiger partial charge on any atom is -0.360 e. The zero-order valence-electron chi connectivity index (χ0n) is 13.7. The zero-order valence-corrected chi connectivity index (χ0v) is 14.5. The number of benzene rings is 1. The van der Waals surface area contributed by atoms with Crippen molar-refractivity contribution in [1.82, 2.24) is 16.0 Å². The van der Waals surface area contributed by atoms with Crippen molar-refractivity contribution < 1.29 is 4.79 Å². The lowest BCUT2D eigenvalue weighted by molar-refractivity contribution is 0.0975. The molecule has 0 spiro atoms. The number of nitrogens with one attached hydrogen (secondary N) is 3. The predicted octanol–water partition coefficient (Wildman–Crippen LogP) is 2.60. The summed E-state index contributed by atoms with van der Waals surface area (Å²) in [7, 11) is 0. The molecular weight excluding hydrogens is 294 g/mol. The van der Waals surface area contributed by atoms with Crippen LogP contribution in [-0.4, -0.2) is 28.1 Å². The van der Waals surface area contributed by atoms with Gasteiger partial charge in [-0.2, -0.15) is 0 Å². The van der Waals surface area contributed by atoms with E-state index < -0.39 is 0 Å². The molecule has 1 fully saturated rings. The van der Waals surface area contributed by atoms with Crippen LogP contribution in [0.2, 0.25) is 0 Å². The van der Waals surface area contributed by atoms with Crippen molar-refractivity contribution in [2.75, 3.05) is 0 Å². The summed E-state index contributed by atoms with van der Waals surface area (Å²) in [6.07, 6.45) is 1.91. The molecule has 1 aromatic carbocycles. The number of carbonyl (C=O) groups is 1. The van der Waals surface area contributed by atoms with E-state index >= 15 is 0 Å². The third-order valence-corrected chi connectivity index (χ3v) is 4.01. The maximum Gasteiger partial charge on any atom is 0.257 e. The zero-order chi connectivity index (χ0) is 16.4. The number of rotatable bonds is 2. The summed E-state index contributed by atoms with van der Waals surface area (Å²) in [6.45, 7) is 8.75. The second-order valence-electron chi connectivity index (χ2n) is 7.29. The summed E-state index contributed by atoms with van der Waals surface area (Å²) in [5, 5.41) is 10.1. The summed E-state index contributed by atoms with van der Waals surface area (Å²) in [4.78, 5) is 12.1. The third kappa shape index (κ3) is 4.78. The van der Waals surface area contributed by atoms with Gasteiger partial charge in [0.2, 0.25) is 0 Å². The van der Waals surface area contributed by atoms with Crippen LogP contribution in [0.3, 0.4) is 0 Å². The van der Waals surface area contributed by atoms with Gasteiger partial charge >= 0.3 is 0 Å². The van der Waals surface area contributed by atoms with Gasteiger partial charge in [0.1, 0.15) is 0 Å². The number of hydrogen-bond acceptors (Lipinski definition) is 3. The monoisotopic (exact) mass is 319 g/mol. The first-order valence-electron chi connectivity index (χ1n) is 7.63. The summed E-state index contributed by atoms with van der Waals surface area (Å²) in [5.74, 6) is -0.175. The molecule has 1 amide bonds. The molecule has 0 atom stereocenters. The van der Waals surface area contributed by atoms with Gasteiger partial charge in [0, 0.05) is 22.7 Å². The highest BCUT2D eigenvalue weighted by Gasteiger charge is 2.37. The van der Waals surface area contributed by atoms with Crippen molar-refractivity contribution in [2.24, 2.45) is 0 Å². The molecule has 2 rings (SSSR count). The van der Waals surface area contributed by atoms with E-state index in [1.165, 1.54) is 0 Å². The van der Waals surface area contributed by atoms with Crippen LogP contribution in [0.25, 0.3) is 0 Å². The van der Waals surface area contributed by atoms with Gasteiger partial charge in [-0.15, -0.1) is 0 Å². The highest BCUT2D eigenvalue weighted by molar-refractivity contribution is 7.80. The topological polar surface area (TPSA) is 53.2 Å². The molecular formula is C17H25N3OS. The van der Waals surface area contributed by atoms with E-state index in [9.17, 15) is 4.79 Å². The summed E-state index contributed by atoms with van der Waals surface area (Å²) in [5.41, 5.74) is 0.689. The Bertz CT molecular complexity index is 538. The van der Waals surface area contributed by atoms with Gasteiger partial charge in [-0.25, -0.2) is 0 Å². The molecule has 0 bridgehead atoms. The predicted molar refractivity (Wildman–Crippen MR) is 94.0 cm³/mol. The van der Waals surface area contributed by atoms with Crippen molar-refractivity contribution >= 4 is 23.2 Å². The van der Waals surface area contributed by atoms with Crippen LogP contribution < -0.4 is 16.0 Å². The van der Waals surface area contributed by atoms with Crippen LogP contribution in [0.4, 0.5) is 0 Å². The Hall–Kier alpha value is -1.46. The van der Waals surface area contributed by atoms with Gasteiger partial charge in [-0.05, 0) is 64.9 Å². The minimum atomic E-state index is -0.175. The molecule has 0 aromatic heterocycles. The molecule has 0 unspecified atom stereocenters. The number of thiocarbonyl (C=S) groups is 1. The fourth-order valence-corrected chi connectivity index (χ4v) is 3.67. The lowest BCUT2D eigenvalue weighted by atomic mass is 9.80. The molecule has 22 heavy (non-hydrogen) atoms. The Labute approximate surface area is 138 Å². The average molecular weight is 319 g/mol. The smallest absolute Gasteiger partial charge is 0.257 e. The Morgan fingerprint density at radius 3 is 2.23 bits per heavy atom. The molecule has 0 aliphatic carbocycles. The Balaban J connectivity index is 1.93. The molecule has 1 aromatic rings. The molecule has 3 N–H and O–H groups in total. The molecule has 0 radical (unpaired) electrons. The summed E-state index contributed by atoms with van der Waals surface area (Å²) >= 11 is 5.30. The van der Waals surface area contributed by atoms with Crippen LogP contribution in [-0.2, 0) is 0 Å². The van der Waals surface area contributed by atoms with Crippen molar-refractivity contribution in [1.29, 1.82) is 0 Å². The van der Waals surface area contributed by atoms with Gasteiger partial charge in [0.05, 0.1) is 0 Å². The van der Waals surface area contributed by atoms with Gasteiger partial charge in [0.25, 0.3) is 5.91 Å². The number of piperidine rings is 1. The van der Waals surface area contributed by atoms with E-state index in [2.05, 4.69) is 43.6 Å². The Morgan fingerprint density at radius 2 is 1.68 bits per heavy atom. The van der Waals surface area contributed by atoms with Gasteiger partial charge in [0.15, 0.2) is 5.11 Å². The van der Waals surface area contributed by atoms with Crippen molar-refractivity contribution in [2.45, 2.75) is 57.7 Å². The van der Waals surface area contributed by atoms with Gasteiger partial charge in [-0.3, -0.25) is 10.1 Å². The van der Waals surface area contributed by atoms with E-state index in [1.54, 1.807) is 12.1 Å². The maximum atomic E-state index is 12.1. The van der Waals surface area contributed by atoms with Crippen LogP contribution in [0.15, 0.2) is 30.3 Å². The lowest BCUT2D eigenvalue weighted by Crippen LogP contribution is -2.62. The van der Waals surface area contributed by atoms with E-state index in [0.717, 1.165) is 12.8 Å². The molecule has 1 aliphatic heterocycles. The van der Waals surface area contributed by atoms with E-state index in [0.29, 0.717) is 10.7 Å². The maximum absolute atomic E-state index is 12.1. The standard InChI is InChI=1S/C17H25N3OS/c1-16(2)10-13(11-17(3,4)20-16)18-15(22)19-14(21)12-8-6-5-7-9-12/h5-9,13,20H,10-11H2,1-4H3,(H2,18,19,21,22). The fourth-order valence-electron chi connectivity index (χ4n) is 3.41. The lowest BCUT2D eigenvalue weighted by Gasteiger charge is -2.46. The van der Waals surface area contributed by atoms with E-state index in [4.69, 9.17) is 12.2 Å². The van der Waals surface area contributed by atoms with Gasteiger partial charge < -0.3 is 10.6 Å². The van der Waals surface area contributed by atoms with Crippen LogP contribution in [0.5, 0.6) is 0 Å². The SMILES string of the molecule is CC1(C)CC(NC(=S)NC(=O)c2ccccc2)CC(C)(C)N1. The summed E-state index contributed by atoms with van der Waals surface area (Å²) in [6, 6.07) is 9.34. The third-order valence-electron chi connectivity index (χ3n) is 3.79. The molecule has 120 valence electrons. The Morgan fingerprint density at radius 1 is 1.14 bits per heavy atom. The molecule has 1 saturated heterocycles. The number of hydrogen-bond donors (Lipinski definition) is 3. The Kier molecular flexibility index (Phi) is 4.87. The first-order valence-corrected chi connectivity index (χ1v) is 8.04. The molecule has 0 saturated carbocycles. The molecule has 5 heteroatoms. The van der Waals surface area contributed by atoms with Crippen LogP contribution >= 0.6 is 12.2 Å². The largest absolute Gasteiger partial charge is 0.360 e. The fraction of sp³-hybridized carbons (Fsp3) is 0.529.